The van der Waals surface area contributed by atoms with Crippen molar-refractivity contribution in [2.24, 2.45) is 11.8 Å². The lowest BCUT2D eigenvalue weighted by atomic mass is 9.72. The van der Waals surface area contributed by atoms with Crippen molar-refractivity contribution in [3.8, 4) is 0 Å². The minimum absolute atomic E-state index is 0.0766. The summed E-state index contributed by atoms with van der Waals surface area (Å²) in [6, 6.07) is 8.48. The normalized spacial score (nSPS) is 25.8. The molecular weight excluding hydrogens is 284 g/mol. The van der Waals surface area contributed by atoms with Crippen LogP contribution in [0.1, 0.15) is 45.6 Å². The average Bonchev–Trinajstić information content (AvgIpc) is 2.93. The van der Waals surface area contributed by atoms with Crippen molar-refractivity contribution in [3.63, 3.8) is 0 Å². The minimum Gasteiger partial charge on any atom is -0.393 e. The van der Waals surface area contributed by atoms with Gasteiger partial charge in [-0.25, -0.2) is 0 Å². The summed E-state index contributed by atoms with van der Waals surface area (Å²) < 4.78 is 0. The highest BCUT2D eigenvalue weighted by Crippen LogP contribution is 2.35. The average molecular weight is 314 g/mol. The number of rotatable bonds is 5. The highest BCUT2D eigenvalue weighted by Gasteiger charge is 2.35. The summed E-state index contributed by atoms with van der Waals surface area (Å²) in [5, 5.41) is 15.2. The lowest BCUT2D eigenvalue weighted by Gasteiger charge is -2.41. The lowest BCUT2D eigenvalue weighted by Crippen LogP contribution is -2.49. The molecule has 3 N–H and O–H groups in total. The van der Waals surface area contributed by atoms with Crippen LogP contribution in [-0.2, 0) is 6.42 Å². The fourth-order valence-electron chi connectivity index (χ4n) is 3.96. The standard InChI is InChI=1S/C20H30N2O/c1-14-8-9-16(12-19(14)23)20(2,3)22-11-10-15-13-21-18-7-5-4-6-17(15)18/h4-7,13-14,16,19,21-23H,8-12H2,1-3H3/t14-,16?,19+/m0/s1. The molecular formula is C20H30N2O. The second-order valence-corrected chi connectivity index (χ2v) is 7.81. The zero-order valence-corrected chi connectivity index (χ0v) is 14.6. The molecule has 3 heteroatoms. The first-order valence-electron chi connectivity index (χ1n) is 8.95. The molecule has 1 aliphatic carbocycles. The Balaban J connectivity index is 1.57. The minimum atomic E-state index is -0.136. The second-order valence-electron chi connectivity index (χ2n) is 7.81. The van der Waals surface area contributed by atoms with Crippen LogP contribution in [0.2, 0.25) is 0 Å². The van der Waals surface area contributed by atoms with Crippen molar-refractivity contribution in [1.82, 2.24) is 10.3 Å². The van der Waals surface area contributed by atoms with Crippen LogP contribution in [0, 0.1) is 11.8 Å². The summed E-state index contributed by atoms with van der Waals surface area (Å²) in [5.41, 5.74) is 2.67. The van der Waals surface area contributed by atoms with Gasteiger partial charge < -0.3 is 15.4 Å². The van der Waals surface area contributed by atoms with E-state index in [9.17, 15) is 5.11 Å². The Morgan fingerprint density at radius 1 is 1.26 bits per heavy atom. The molecule has 0 radical (unpaired) electrons. The molecule has 0 bridgehead atoms. The van der Waals surface area contributed by atoms with Crippen molar-refractivity contribution in [2.75, 3.05) is 6.54 Å². The van der Waals surface area contributed by atoms with E-state index in [2.05, 4.69) is 61.5 Å². The zero-order chi connectivity index (χ0) is 16.4. The number of aromatic amines is 1. The van der Waals surface area contributed by atoms with Crippen LogP contribution in [0.25, 0.3) is 10.9 Å². The maximum Gasteiger partial charge on any atom is 0.0569 e. The number of benzene rings is 1. The molecule has 1 aromatic heterocycles. The fraction of sp³-hybridized carbons (Fsp3) is 0.600. The molecule has 0 spiro atoms. The van der Waals surface area contributed by atoms with Gasteiger partial charge in [0.1, 0.15) is 0 Å². The molecule has 1 fully saturated rings. The molecule has 126 valence electrons. The van der Waals surface area contributed by atoms with E-state index in [1.807, 2.05) is 0 Å². The van der Waals surface area contributed by atoms with Gasteiger partial charge in [0.25, 0.3) is 0 Å². The van der Waals surface area contributed by atoms with E-state index in [0.29, 0.717) is 11.8 Å². The zero-order valence-electron chi connectivity index (χ0n) is 14.6. The molecule has 0 amide bonds. The van der Waals surface area contributed by atoms with Gasteiger partial charge in [-0.2, -0.15) is 0 Å². The number of hydrogen-bond acceptors (Lipinski definition) is 2. The summed E-state index contributed by atoms with van der Waals surface area (Å²) in [6.45, 7) is 7.71. The van der Waals surface area contributed by atoms with Crippen LogP contribution >= 0.6 is 0 Å². The first kappa shape index (κ1) is 16.5. The van der Waals surface area contributed by atoms with Crippen molar-refractivity contribution < 1.29 is 5.11 Å². The lowest BCUT2D eigenvalue weighted by molar-refractivity contribution is 0.0280. The maximum absolute atomic E-state index is 10.2. The highest BCUT2D eigenvalue weighted by atomic mass is 16.3. The Bertz CT molecular complexity index is 646. The molecule has 0 aliphatic heterocycles. The van der Waals surface area contributed by atoms with Crippen LogP contribution in [0.3, 0.4) is 0 Å². The Labute approximate surface area is 139 Å². The van der Waals surface area contributed by atoms with E-state index in [1.165, 1.54) is 22.9 Å². The van der Waals surface area contributed by atoms with E-state index in [1.54, 1.807) is 0 Å². The second kappa shape index (κ2) is 6.66. The van der Waals surface area contributed by atoms with E-state index >= 15 is 0 Å². The Hall–Kier alpha value is -1.32. The number of para-hydroxylation sites is 1. The number of aliphatic hydroxyl groups excluding tert-OH is 1. The van der Waals surface area contributed by atoms with E-state index in [-0.39, 0.29) is 11.6 Å². The number of aliphatic hydroxyl groups is 1. The van der Waals surface area contributed by atoms with Gasteiger partial charge in [-0.05, 0) is 69.5 Å². The SMILES string of the molecule is C[C@H]1CCC(C(C)(C)NCCc2c[nH]c3ccccc23)C[C@H]1O. The molecule has 23 heavy (non-hydrogen) atoms. The summed E-state index contributed by atoms with van der Waals surface area (Å²) in [4.78, 5) is 3.35. The first-order chi connectivity index (χ1) is 11.0. The number of fused-ring (bicyclic) bond motifs is 1. The third-order valence-corrected chi connectivity index (χ3v) is 5.82. The Morgan fingerprint density at radius 2 is 2.04 bits per heavy atom. The summed E-state index contributed by atoms with van der Waals surface area (Å²) in [7, 11) is 0. The predicted octanol–water partition coefficient (Wildman–Crippen LogP) is 3.88. The molecule has 1 unspecified atom stereocenters. The number of nitrogens with one attached hydrogen (secondary N) is 2. The van der Waals surface area contributed by atoms with Gasteiger partial charge in [-0.1, -0.05) is 25.1 Å². The quantitative estimate of drug-likeness (QED) is 0.784. The van der Waals surface area contributed by atoms with E-state index in [0.717, 1.165) is 25.8 Å². The predicted molar refractivity (Wildman–Crippen MR) is 96.6 cm³/mol. The van der Waals surface area contributed by atoms with Crippen LogP contribution in [-0.4, -0.2) is 28.3 Å². The first-order valence-corrected chi connectivity index (χ1v) is 8.95. The van der Waals surface area contributed by atoms with Crippen LogP contribution < -0.4 is 5.32 Å². The molecule has 1 heterocycles. The van der Waals surface area contributed by atoms with Crippen molar-refractivity contribution in [3.05, 3.63) is 36.0 Å². The summed E-state index contributed by atoms with van der Waals surface area (Å²) >= 11 is 0. The number of aromatic nitrogens is 1. The van der Waals surface area contributed by atoms with Crippen molar-refractivity contribution >= 4 is 10.9 Å². The summed E-state index contributed by atoms with van der Waals surface area (Å²) in [5.74, 6) is 1.00. The van der Waals surface area contributed by atoms with Crippen molar-refractivity contribution in [1.29, 1.82) is 0 Å². The molecule has 2 aromatic rings. The van der Waals surface area contributed by atoms with Crippen LogP contribution in [0.5, 0.6) is 0 Å². The number of hydrogen-bond donors (Lipinski definition) is 3. The molecule has 3 atom stereocenters. The van der Waals surface area contributed by atoms with Gasteiger partial charge >= 0.3 is 0 Å². The Kier molecular flexibility index (Phi) is 4.79. The number of H-pyrrole nitrogens is 1. The molecule has 3 rings (SSSR count). The Morgan fingerprint density at radius 3 is 2.83 bits per heavy atom. The van der Waals surface area contributed by atoms with Gasteiger partial charge in [-0.3, -0.25) is 0 Å². The molecule has 3 nitrogen and oxygen atoms in total. The maximum atomic E-state index is 10.2. The van der Waals surface area contributed by atoms with E-state index < -0.39 is 0 Å². The fourth-order valence-corrected chi connectivity index (χ4v) is 3.96. The summed E-state index contributed by atoms with van der Waals surface area (Å²) in [6.07, 6.45) is 6.30. The molecule has 0 saturated heterocycles. The molecule has 1 aliphatic rings. The van der Waals surface area contributed by atoms with Gasteiger partial charge in [0, 0.05) is 22.6 Å². The molecule has 1 saturated carbocycles. The van der Waals surface area contributed by atoms with Crippen molar-refractivity contribution in [2.45, 2.75) is 58.1 Å². The van der Waals surface area contributed by atoms with E-state index in [4.69, 9.17) is 0 Å². The van der Waals surface area contributed by atoms with Gasteiger partial charge in [0.2, 0.25) is 0 Å². The van der Waals surface area contributed by atoms with Crippen LogP contribution in [0.4, 0.5) is 0 Å². The topological polar surface area (TPSA) is 48.0 Å². The van der Waals surface area contributed by atoms with Gasteiger partial charge in [-0.15, -0.1) is 0 Å². The molecule has 1 aromatic carbocycles. The largest absolute Gasteiger partial charge is 0.393 e. The van der Waals surface area contributed by atoms with Crippen LogP contribution in [0.15, 0.2) is 30.5 Å². The monoisotopic (exact) mass is 314 g/mol. The third kappa shape index (κ3) is 3.61. The van der Waals surface area contributed by atoms with Gasteiger partial charge in [0.05, 0.1) is 6.10 Å². The van der Waals surface area contributed by atoms with Gasteiger partial charge in [0.15, 0.2) is 0 Å². The highest BCUT2D eigenvalue weighted by molar-refractivity contribution is 5.83. The smallest absolute Gasteiger partial charge is 0.0569 e. The third-order valence-electron chi connectivity index (χ3n) is 5.82.